The number of fused-ring (bicyclic) bond motifs is 1. The van der Waals surface area contributed by atoms with Crippen LogP contribution in [0, 0.1) is 5.82 Å². The lowest BCUT2D eigenvalue weighted by molar-refractivity contribution is 0.620. The second-order valence-electron chi connectivity index (χ2n) is 3.84. The monoisotopic (exact) mass is 252 g/mol. The molecule has 0 spiro atoms. The molecule has 1 aliphatic heterocycles. The number of rotatable bonds is 2. The van der Waals surface area contributed by atoms with Gasteiger partial charge in [0, 0.05) is 11.9 Å². The number of nitrogens with zero attached hydrogens (tertiary/aromatic N) is 3. The number of aromatic nitrogens is 2. The van der Waals surface area contributed by atoms with Crippen LogP contribution in [0.5, 0.6) is 0 Å². The Kier molecular flexibility index (Phi) is 2.48. The number of halogens is 2. The molecule has 0 bridgehead atoms. The summed E-state index contributed by atoms with van der Waals surface area (Å²) in [5, 5.41) is 8.21. The lowest BCUT2D eigenvalue weighted by Gasteiger charge is -2.04. The van der Waals surface area contributed by atoms with E-state index in [4.69, 9.17) is 11.6 Å². The van der Waals surface area contributed by atoms with Crippen LogP contribution >= 0.6 is 11.6 Å². The van der Waals surface area contributed by atoms with Crippen molar-refractivity contribution in [3.05, 3.63) is 29.2 Å². The molecular formula is C11H10ClFN4. The first-order valence-electron chi connectivity index (χ1n) is 5.33. The highest BCUT2D eigenvalue weighted by molar-refractivity contribution is 6.34. The van der Waals surface area contributed by atoms with Crippen molar-refractivity contribution >= 4 is 28.3 Å². The van der Waals surface area contributed by atoms with Gasteiger partial charge in [-0.3, -0.25) is 9.67 Å². The van der Waals surface area contributed by atoms with Crippen LogP contribution in [0.3, 0.4) is 0 Å². The molecule has 0 radical (unpaired) electrons. The Hall–Kier alpha value is -1.62. The Morgan fingerprint density at radius 2 is 2.35 bits per heavy atom. The number of aliphatic imine (C=N–C) groups is 1. The predicted molar refractivity (Wildman–Crippen MR) is 65.0 cm³/mol. The van der Waals surface area contributed by atoms with Gasteiger partial charge in [-0.05, 0) is 12.1 Å². The number of nitrogens with one attached hydrogen (secondary N) is 1. The summed E-state index contributed by atoms with van der Waals surface area (Å²) >= 11 is 5.98. The van der Waals surface area contributed by atoms with Gasteiger partial charge in [-0.2, -0.15) is 5.10 Å². The maximum atomic E-state index is 13.8. The summed E-state index contributed by atoms with van der Waals surface area (Å²) in [6, 6.07) is 4.79. The van der Waals surface area contributed by atoms with Crippen molar-refractivity contribution in [2.24, 2.45) is 4.99 Å². The molecule has 1 aliphatic rings. The van der Waals surface area contributed by atoms with Crippen molar-refractivity contribution in [3.8, 4) is 0 Å². The van der Waals surface area contributed by atoms with Crippen LogP contribution in [0.1, 0.15) is 0 Å². The normalized spacial score (nSPS) is 15.1. The molecule has 0 saturated heterocycles. The van der Waals surface area contributed by atoms with E-state index in [1.54, 1.807) is 16.8 Å². The molecule has 88 valence electrons. The van der Waals surface area contributed by atoms with Crippen LogP contribution in [-0.4, -0.2) is 28.7 Å². The summed E-state index contributed by atoms with van der Waals surface area (Å²) in [5.74, 6) is 0.495. The van der Waals surface area contributed by atoms with Crippen molar-refractivity contribution in [2.45, 2.75) is 6.54 Å². The van der Waals surface area contributed by atoms with E-state index in [0.29, 0.717) is 22.6 Å². The molecule has 4 nitrogen and oxygen atoms in total. The zero-order chi connectivity index (χ0) is 11.8. The van der Waals surface area contributed by atoms with E-state index in [9.17, 15) is 4.39 Å². The molecule has 17 heavy (non-hydrogen) atoms. The van der Waals surface area contributed by atoms with E-state index < -0.39 is 0 Å². The summed E-state index contributed by atoms with van der Waals surface area (Å²) in [6.45, 7) is 2.00. The molecule has 3 rings (SSSR count). The Balaban J connectivity index is 2.09. The Labute approximate surface area is 102 Å². The quantitative estimate of drug-likeness (QED) is 0.886. The maximum absolute atomic E-state index is 13.8. The fraction of sp³-hybridized carbons (Fsp3) is 0.273. The van der Waals surface area contributed by atoms with Gasteiger partial charge in [-0.1, -0.05) is 17.7 Å². The van der Waals surface area contributed by atoms with Crippen molar-refractivity contribution in [1.82, 2.24) is 15.1 Å². The molecule has 0 amide bonds. The van der Waals surface area contributed by atoms with Crippen LogP contribution in [-0.2, 0) is 6.54 Å². The van der Waals surface area contributed by atoms with Gasteiger partial charge in [0.05, 0.1) is 13.1 Å². The Bertz CT molecular complexity index is 605. The fourth-order valence-electron chi connectivity index (χ4n) is 1.96. The van der Waals surface area contributed by atoms with E-state index in [1.807, 2.05) is 0 Å². The molecule has 1 aromatic heterocycles. The first-order valence-corrected chi connectivity index (χ1v) is 5.71. The summed E-state index contributed by atoms with van der Waals surface area (Å²) in [4.78, 5) is 4.26. The van der Waals surface area contributed by atoms with Crippen molar-refractivity contribution < 1.29 is 4.39 Å². The number of amidine groups is 1. The van der Waals surface area contributed by atoms with E-state index >= 15 is 0 Å². The minimum Gasteiger partial charge on any atom is -0.370 e. The smallest absolute Gasteiger partial charge is 0.159 e. The Morgan fingerprint density at radius 1 is 1.47 bits per heavy atom. The number of hydrogen-bond donors (Lipinski definition) is 1. The predicted octanol–water partition coefficient (Wildman–Crippen LogP) is 1.83. The van der Waals surface area contributed by atoms with Gasteiger partial charge in [-0.15, -0.1) is 0 Å². The molecule has 0 saturated carbocycles. The highest BCUT2D eigenvalue weighted by atomic mass is 35.5. The third kappa shape index (κ3) is 1.76. The van der Waals surface area contributed by atoms with Gasteiger partial charge in [0.1, 0.15) is 17.2 Å². The molecule has 1 aromatic carbocycles. The standard InChI is InChI=1S/C11H10ClFN4/c12-11-7-2-1-3-8(13)10(7)17(16-11)6-9-14-4-5-15-9/h1-3H,4-6H2,(H,14,15). The molecular weight excluding hydrogens is 243 g/mol. The average molecular weight is 253 g/mol. The molecule has 0 fully saturated rings. The lowest BCUT2D eigenvalue weighted by atomic mass is 10.2. The van der Waals surface area contributed by atoms with Crippen LogP contribution in [0.2, 0.25) is 5.15 Å². The molecule has 0 aliphatic carbocycles. The first kappa shape index (κ1) is 10.5. The van der Waals surface area contributed by atoms with Crippen LogP contribution in [0.25, 0.3) is 10.9 Å². The molecule has 0 atom stereocenters. The number of benzene rings is 1. The Morgan fingerprint density at radius 3 is 3.12 bits per heavy atom. The summed E-state index contributed by atoms with van der Waals surface area (Å²) in [5.41, 5.74) is 0.425. The van der Waals surface area contributed by atoms with Crippen molar-refractivity contribution in [2.75, 3.05) is 13.1 Å². The van der Waals surface area contributed by atoms with Gasteiger partial charge in [0.25, 0.3) is 0 Å². The minimum atomic E-state index is -0.319. The van der Waals surface area contributed by atoms with Crippen LogP contribution in [0.4, 0.5) is 4.39 Å². The van der Waals surface area contributed by atoms with E-state index in [2.05, 4.69) is 15.4 Å². The largest absolute Gasteiger partial charge is 0.370 e. The van der Waals surface area contributed by atoms with Gasteiger partial charge < -0.3 is 5.32 Å². The summed E-state index contributed by atoms with van der Waals surface area (Å²) in [6.07, 6.45) is 0. The van der Waals surface area contributed by atoms with Crippen molar-refractivity contribution in [3.63, 3.8) is 0 Å². The topological polar surface area (TPSA) is 42.2 Å². The fourth-order valence-corrected chi connectivity index (χ4v) is 2.21. The van der Waals surface area contributed by atoms with Gasteiger partial charge >= 0.3 is 0 Å². The number of hydrogen-bond acceptors (Lipinski definition) is 3. The van der Waals surface area contributed by atoms with E-state index in [1.165, 1.54) is 6.07 Å². The van der Waals surface area contributed by atoms with Gasteiger partial charge in [0.2, 0.25) is 0 Å². The average Bonchev–Trinajstić information content (AvgIpc) is 2.90. The van der Waals surface area contributed by atoms with Crippen molar-refractivity contribution in [1.29, 1.82) is 0 Å². The molecule has 1 N–H and O–H groups in total. The summed E-state index contributed by atoms with van der Waals surface area (Å²) in [7, 11) is 0. The van der Waals surface area contributed by atoms with E-state index in [-0.39, 0.29) is 5.82 Å². The first-order chi connectivity index (χ1) is 8.25. The summed E-state index contributed by atoms with van der Waals surface area (Å²) < 4.78 is 15.3. The SMILES string of the molecule is Fc1cccc2c(Cl)nn(CC3=NCCN3)c12. The zero-order valence-corrected chi connectivity index (χ0v) is 9.71. The molecule has 0 unspecified atom stereocenters. The van der Waals surface area contributed by atoms with Gasteiger partial charge in [-0.25, -0.2) is 4.39 Å². The minimum absolute atomic E-state index is 0.318. The van der Waals surface area contributed by atoms with E-state index in [0.717, 1.165) is 18.9 Å². The second kappa shape index (κ2) is 4.00. The van der Waals surface area contributed by atoms with Gasteiger partial charge in [0.15, 0.2) is 5.15 Å². The van der Waals surface area contributed by atoms with Crippen LogP contribution in [0.15, 0.2) is 23.2 Å². The molecule has 2 heterocycles. The maximum Gasteiger partial charge on any atom is 0.159 e. The second-order valence-corrected chi connectivity index (χ2v) is 4.20. The highest BCUT2D eigenvalue weighted by Gasteiger charge is 2.15. The number of para-hydroxylation sites is 1. The third-order valence-corrected chi connectivity index (χ3v) is 3.00. The zero-order valence-electron chi connectivity index (χ0n) is 8.95. The third-order valence-electron chi connectivity index (χ3n) is 2.72. The molecule has 2 aromatic rings. The lowest BCUT2D eigenvalue weighted by Crippen LogP contribution is -2.24. The highest BCUT2D eigenvalue weighted by Crippen LogP contribution is 2.24. The van der Waals surface area contributed by atoms with Crippen LogP contribution < -0.4 is 5.32 Å². The molecule has 6 heteroatoms.